The van der Waals surface area contributed by atoms with Crippen LogP contribution >= 0.6 is 27.5 Å². The molecule has 0 bridgehead atoms. The van der Waals surface area contributed by atoms with Crippen LogP contribution in [0.3, 0.4) is 0 Å². The van der Waals surface area contributed by atoms with Gasteiger partial charge in [-0.2, -0.15) is 0 Å². The molecule has 0 fully saturated rings. The second-order valence-electron chi connectivity index (χ2n) is 3.87. The highest BCUT2D eigenvalue weighted by Crippen LogP contribution is 2.09. The van der Waals surface area contributed by atoms with Crippen molar-refractivity contribution in [2.45, 2.75) is 25.7 Å². The molecule has 0 aliphatic carbocycles. The van der Waals surface area contributed by atoms with Crippen LogP contribution in [0.5, 0.6) is 0 Å². The summed E-state index contributed by atoms with van der Waals surface area (Å²) in [5, 5.41) is 4.61. The third-order valence-corrected chi connectivity index (χ3v) is 3.27. The smallest absolute Gasteiger partial charge is 0.251 e. The Hall–Kier alpha value is -0.540. The second-order valence-corrected chi connectivity index (χ2v) is 5.10. The summed E-state index contributed by atoms with van der Waals surface area (Å²) < 4.78 is 0. The number of hydrogen-bond acceptors (Lipinski definition) is 1. The molecular formula is C13H17BrClNO. The highest BCUT2D eigenvalue weighted by molar-refractivity contribution is 9.09. The molecule has 0 atom stereocenters. The Kier molecular flexibility index (Phi) is 7.29. The van der Waals surface area contributed by atoms with Gasteiger partial charge < -0.3 is 5.32 Å². The zero-order valence-electron chi connectivity index (χ0n) is 9.72. The molecular weight excluding hydrogens is 302 g/mol. The lowest BCUT2D eigenvalue weighted by Gasteiger charge is -2.05. The van der Waals surface area contributed by atoms with Crippen molar-refractivity contribution in [3.05, 3.63) is 34.9 Å². The molecule has 2 nitrogen and oxygen atoms in total. The average Bonchev–Trinajstić information content (AvgIpc) is 2.34. The summed E-state index contributed by atoms with van der Waals surface area (Å²) in [6.45, 7) is 0.740. The number of rotatable bonds is 7. The molecule has 1 aromatic carbocycles. The Morgan fingerprint density at radius 2 is 1.76 bits per heavy atom. The van der Waals surface area contributed by atoms with Crippen molar-refractivity contribution in [3.8, 4) is 0 Å². The summed E-state index contributed by atoms with van der Waals surface area (Å²) in [7, 11) is 0. The standard InChI is InChI=1S/C13H17BrClNO/c14-9-3-1-2-4-10-16-13(17)11-5-7-12(15)8-6-11/h5-8H,1-4,9-10H2,(H,16,17). The number of alkyl halides is 1. The van der Waals surface area contributed by atoms with E-state index in [9.17, 15) is 4.79 Å². The van der Waals surface area contributed by atoms with E-state index >= 15 is 0 Å². The van der Waals surface area contributed by atoms with E-state index in [4.69, 9.17) is 11.6 Å². The Balaban J connectivity index is 2.19. The molecule has 0 saturated carbocycles. The van der Waals surface area contributed by atoms with E-state index in [0.717, 1.165) is 24.7 Å². The van der Waals surface area contributed by atoms with E-state index in [-0.39, 0.29) is 5.91 Å². The van der Waals surface area contributed by atoms with Crippen molar-refractivity contribution in [2.24, 2.45) is 0 Å². The highest BCUT2D eigenvalue weighted by atomic mass is 79.9. The van der Waals surface area contributed by atoms with E-state index in [1.807, 2.05) is 0 Å². The van der Waals surface area contributed by atoms with Gasteiger partial charge in [-0.1, -0.05) is 40.4 Å². The maximum atomic E-state index is 11.7. The van der Waals surface area contributed by atoms with E-state index in [1.165, 1.54) is 12.8 Å². The number of benzene rings is 1. The van der Waals surface area contributed by atoms with Crippen LogP contribution in [0.25, 0.3) is 0 Å². The van der Waals surface area contributed by atoms with Crippen molar-refractivity contribution in [2.75, 3.05) is 11.9 Å². The van der Waals surface area contributed by atoms with Crippen LogP contribution in [-0.2, 0) is 0 Å². The van der Waals surface area contributed by atoms with E-state index in [1.54, 1.807) is 24.3 Å². The maximum Gasteiger partial charge on any atom is 0.251 e. The number of halogens is 2. The van der Waals surface area contributed by atoms with Crippen molar-refractivity contribution in [1.29, 1.82) is 0 Å². The molecule has 4 heteroatoms. The first-order valence-electron chi connectivity index (χ1n) is 5.84. The van der Waals surface area contributed by atoms with Crippen molar-refractivity contribution >= 4 is 33.4 Å². The first-order valence-corrected chi connectivity index (χ1v) is 7.33. The molecule has 0 spiro atoms. The van der Waals surface area contributed by atoms with Gasteiger partial charge in [0.2, 0.25) is 0 Å². The van der Waals surface area contributed by atoms with Gasteiger partial charge in [0, 0.05) is 22.5 Å². The SMILES string of the molecule is O=C(NCCCCCCBr)c1ccc(Cl)cc1. The molecule has 0 unspecified atom stereocenters. The topological polar surface area (TPSA) is 29.1 Å². The van der Waals surface area contributed by atoms with Crippen LogP contribution in [0, 0.1) is 0 Å². The predicted molar refractivity (Wildman–Crippen MR) is 76.0 cm³/mol. The van der Waals surface area contributed by atoms with Gasteiger partial charge >= 0.3 is 0 Å². The molecule has 0 radical (unpaired) electrons. The van der Waals surface area contributed by atoms with Gasteiger partial charge in [-0.15, -0.1) is 0 Å². The van der Waals surface area contributed by atoms with Crippen LogP contribution in [-0.4, -0.2) is 17.8 Å². The van der Waals surface area contributed by atoms with Crippen LogP contribution in [0.4, 0.5) is 0 Å². The summed E-state index contributed by atoms with van der Waals surface area (Å²) in [5.74, 6) is -0.0258. The summed E-state index contributed by atoms with van der Waals surface area (Å²) >= 11 is 9.15. The molecule has 0 aliphatic heterocycles. The minimum absolute atomic E-state index is 0.0258. The third kappa shape index (κ3) is 6.08. The third-order valence-electron chi connectivity index (χ3n) is 2.45. The van der Waals surface area contributed by atoms with Gasteiger partial charge in [0.25, 0.3) is 5.91 Å². The number of amides is 1. The Morgan fingerprint density at radius 3 is 2.41 bits per heavy atom. The van der Waals surface area contributed by atoms with Crippen LogP contribution in [0.1, 0.15) is 36.0 Å². The number of carbonyl (C=O) groups excluding carboxylic acids is 1. The first kappa shape index (κ1) is 14.5. The molecule has 0 aromatic heterocycles. The van der Waals surface area contributed by atoms with Gasteiger partial charge in [-0.25, -0.2) is 0 Å². The quantitative estimate of drug-likeness (QED) is 0.597. The zero-order chi connectivity index (χ0) is 12.5. The number of hydrogen-bond donors (Lipinski definition) is 1. The molecule has 0 saturated heterocycles. The highest BCUT2D eigenvalue weighted by Gasteiger charge is 2.03. The van der Waals surface area contributed by atoms with Gasteiger partial charge in [-0.3, -0.25) is 4.79 Å². The fraction of sp³-hybridized carbons (Fsp3) is 0.462. The number of carbonyl (C=O) groups is 1. The van der Waals surface area contributed by atoms with Gasteiger partial charge in [0.05, 0.1) is 0 Å². The maximum absolute atomic E-state index is 11.7. The van der Waals surface area contributed by atoms with Gasteiger partial charge in [0.15, 0.2) is 0 Å². The minimum atomic E-state index is -0.0258. The fourth-order valence-corrected chi connectivity index (χ4v) is 2.00. The number of nitrogens with one attached hydrogen (secondary N) is 1. The summed E-state index contributed by atoms with van der Waals surface area (Å²) in [4.78, 5) is 11.7. The van der Waals surface area contributed by atoms with Crippen molar-refractivity contribution in [3.63, 3.8) is 0 Å². The lowest BCUT2D eigenvalue weighted by molar-refractivity contribution is 0.0953. The van der Waals surface area contributed by atoms with Gasteiger partial charge in [-0.05, 0) is 37.1 Å². The predicted octanol–water partition coefficient (Wildman–Crippen LogP) is 4.03. The Morgan fingerprint density at radius 1 is 1.12 bits per heavy atom. The molecule has 1 N–H and O–H groups in total. The van der Waals surface area contributed by atoms with Gasteiger partial charge in [0.1, 0.15) is 0 Å². The normalized spacial score (nSPS) is 10.2. The van der Waals surface area contributed by atoms with E-state index in [0.29, 0.717) is 10.6 Å². The minimum Gasteiger partial charge on any atom is -0.352 e. The van der Waals surface area contributed by atoms with Crippen LogP contribution < -0.4 is 5.32 Å². The zero-order valence-corrected chi connectivity index (χ0v) is 12.1. The van der Waals surface area contributed by atoms with E-state index in [2.05, 4.69) is 21.2 Å². The monoisotopic (exact) mass is 317 g/mol. The molecule has 1 aromatic rings. The van der Waals surface area contributed by atoms with Crippen LogP contribution in [0.2, 0.25) is 5.02 Å². The summed E-state index contributed by atoms with van der Waals surface area (Å²) in [5.41, 5.74) is 0.662. The summed E-state index contributed by atoms with van der Waals surface area (Å²) in [6.07, 6.45) is 4.60. The summed E-state index contributed by atoms with van der Waals surface area (Å²) in [6, 6.07) is 6.93. The average molecular weight is 319 g/mol. The first-order chi connectivity index (χ1) is 8.24. The number of unbranched alkanes of at least 4 members (excludes halogenated alkanes) is 3. The molecule has 1 rings (SSSR count). The molecule has 1 amide bonds. The van der Waals surface area contributed by atoms with Crippen molar-refractivity contribution in [1.82, 2.24) is 5.32 Å². The lowest BCUT2D eigenvalue weighted by atomic mass is 10.2. The Bertz CT molecular complexity index is 340. The van der Waals surface area contributed by atoms with E-state index < -0.39 is 0 Å². The molecule has 94 valence electrons. The fourth-order valence-electron chi connectivity index (χ4n) is 1.48. The van der Waals surface area contributed by atoms with Crippen molar-refractivity contribution < 1.29 is 4.79 Å². The molecule has 17 heavy (non-hydrogen) atoms. The molecule has 0 aliphatic rings. The lowest BCUT2D eigenvalue weighted by Crippen LogP contribution is -2.24. The van der Waals surface area contributed by atoms with Crippen LogP contribution in [0.15, 0.2) is 24.3 Å². The largest absolute Gasteiger partial charge is 0.352 e. The molecule has 0 heterocycles. The second kappa shape index (κ2) is 8.54. The Labute approximate surface area is 116 Å².